The zero-order valence-corrected chi connectivity index (χ0v) is 19.3. The molecule has 0 saturated heterocycles. The Balaban J connectivity index is 1.68. The van der Waals surface area contributed by atoms with Gasteiger partial charge in [-0.3, -0.25) is 28.7 Å². The van der Waals surface area contributed by atoms with Crippen molar-refractivity contribution in [1.29, 1.82) is 0 Å². The van der Waals surface area contributed by atoms with Crippen molar-refractivity contribution in [1.82, 2.24) is 19.2 Å². The first-order valence-corrected chi connectivity index (χ1v) is 11.4. The van der Waals surface area contributed by atoms with Gasteiger partial charge in [-0.15, -0.1) is 10.2 Å². The Labute approximate surface area is 196 Å². The highest BCUT2D eigenvalue weighted by atomic mass is 35.5. The van der Waals surface area contributed by atoms with Crippen LogP contribution in [0, 0.1) is 10.1 Å². The summed E-state index contributed by atoms with van der Waals surface area (Å²) in [5, 5.41) is 22.6. The van der Waals surface area contributed by atoms with Gasteiger partial charge in [-0.1, -0.05) is 42.4 Å². The summed E-state index contributed by atoms with van der Waals surface area (Å²) >= 11 is 7.25. The molecule has 0 radical (unpaired) electrons. The number of nitro benzene ring substituents is 1. The molecule has 170 valence electrons. The lowest BCUT2D eigenvalue weighted by Gasteiger charge is -2.13. The zero-order valence-electron chi connectivity index (χ0n) is 17.7. The SMILES string of the molecule is CCCn1c(=O)c2ccccc2n2c(S[C@@H](C)C(=O)Nc3cc([N+](=O)[O-])ccc3Cl)nnc12. The Morgan fingerprint density at radius 3 is 2.76 bits per heavy atom. The van der Waals surface area contributed by atoms with Crippen LogP contribution in [0.3, 0.4) is 0 Å². The molecule has 0 saturated carbocycles. The maximum atomic E-state index is 12.9. The molecule has 2 heterocycles. The zero-order chi connectivity index (χ0) is 23.7. The van der Waals surface area contributed by atoms with Gasteiger partial charge in [0, 0.05) is 18.7 Å². The van der Waals surface area contributed by atoms with E-state index in [4.69, 9.17) is 11.6 Å². The normalized spacial score (nSPS) is 12.2. The van der Waals surface area contributed by atoms with Gasteiger partial charge >= 0.3 is 0 Å². The third-order valence-electron chi connectivity index (χ3n) is 5.00. The summed E-state index contributed by atoms with van der Waals surface area (Å²) in [5.41, 5.74) is 0.470. The predicted octanol–water partition coefficient (Wildman–Crippen LogP) is 4.14. The lowest BCUT2D eigenvalue weighted by atomic mass is 10.2. The number of nitrogens with zero attached hydrogens (tertiary/aromatic N) is 5. The molecule has 0 unspecified atom stereocenters. The highest BCUT2D eigenvalue weighted by molar-refractivity contribution is 8.00. The number of nitro groups is 1. The fourth-order valence-electron chi connectivity index (χ4n) is 3.40. The van der Waals surface area contributed by atoms with Gasteiger partial charge in [-0.2, -0.15) is 0 Å². The van der Waals surface area contributed by atoms with Gasteiger partial charge in [-0.05, 0) is 31.5 Å². The van der Waals surface area contributed by atoms with Crippen molar-refractivity contribution < 1.29 is 9.72 Å². The number of aryl methyl sites for hydroxylation is 1. The van der Waals surface area contributed by atoms with Crippen LogP contribution in [0.4, 0.5) is 11.4 Å². The number of hydrogen-bond donors (Lipinski definition) is 1. The number of non-ortho nitro benzene ring substituents is 1. The maximum Gasteiger partial charge on any atom is 0.271 e. The smallest absolute Gasteiger partial charge is 0.271 e. The Morgan fingerprint density at radius 1 is 1.27 bits per heavy atom. The molecule has 1 N–H and O–H groups in total. The van der Waals surface area contributed by atoms with E-state index in [1.54, 1.807) is 34.1 Å². The lowest BCUT2D eigenvalue weighted by Crippen LogP contribution is -2.24. The third-order valence-corrected chi connectivity index (χ3v) is 6.37. The minimum absolute atomic E-state index is 0.144. The summed E-state index contributed by atoms with van der Waals surface area (Å²) in [5.74, 6) is -0.0114. The lowest BCUT2D eigenvalue weighted by molar-refractivity contribution is -0.384. The number of benzene rings is 2. The number of carbonyl (C=O) groups excluding carboxylic acids is 1. The van der Waals surface area contributed by atoms with Crippen molar-refractivity contribution in [3.8, 4) is 0 Å². The second kappa shape index (κ2) is 9.20. The van der Waals surface area contributed by atoms with E-state index in [1.165, 1.54) is 18.2 Å². The molecule has 1 amide bonds. The molecular formula is C21H19ClN6O4S. The molecule has 10 nitrogen and oxygen atoms in total. The average Bonchev–Trinajstić information content (AvgIpc) is 3.21. The molecule has 4 aromatic rings. The highest BCUT2D eigenvalue weighted by Crippen LogP contribution is 2.29. The quantitative estimate of drug-likeness (QED) is 0.236. The minimum atomic E-state index is -0.641. The molecule has 12 heteroatoms. The number of halogens is 1. The Hall–Kier alpha value is -3.44. The fraction of sp³-hybridized carbons (Fsp3) is 0.238. The first kappa shape index (κ1) is 22.7. The number of rotatable bonds is 7. The van der Waals surface area contributed by atoms with Gasteiger partial charge in [0.15, 0.2) is 5.16 Å². The van der Waals surface area contributed by atoms with Gasteiger partial charge in [-0.25, -0.2) is 0 Å². The standard InChI is InChI=1S/C21H19ClN6O4S/c1-3-10-26-19(30)14-6-4-5-7-17(14)27-20(26)24-25-21(27)33-12(2)18(29)23-16-11-13(28(31)32)8-9-15(16)22/h4-9,11-12H,3,10H2,1-2H3,(H,23,29)/t12-/m0/s1. The van der Waals surface area contributed by atoms with E-state index in [-0.39, 0.29) is 22.0 Å². The average molecular weight is 487 g/mol. The van der Waals surface area contributed by atoms with E-state index in [0.29, 0.717) is 28.4 Å². The summed E-state index contributed by atoms with van der Waals surface area (Å²) in [4.78, 5) is 36.2. The molecule has 1 atom stereocenters. The first-order chi connectivity index (χ1) is 15.8. The molecule has 0 spiro atoms. The second-order valence-electron chi connectivity index (χ2n) is 7.26. The van der Waals surface area contributed by atoms with Crippen molar-refractivity contribution in [2.75, 3.05) is 5.32 Å². The van der Waals surface area contributed by atoms with E-state index in [1.807, 2.05) is 13.0 Å². The van der Waals surface area contributed by atoms with Crippen LogP contribution in [-0.4, -0.2) is 35.2 Å². The molecule has 4 rings (SSSR count). The van der Waals surface area contributed by atoms with Crippen molar-refractivity contribution in [3.05, 3.63) is 68.0 Å². The maximum absolute atomic E-state index is 12.9. The summed E-state index contributed by atoms with van der Waals surface area (Å²) in [6.45, 7) is 4.13. The van der Waals surface area contributed by atoms with E-state index in [9.17, 15) is 19.7 Å². The number of carbonyl (C=O) groups is 1. The van der Waals surface area contributed by atoms with Crippen LogP contribution in [0.5, 0.6) is 0 Å². The van der Waals surface area contributed by atoms with Gasteiger partial charge in [0.05, 0.1) is 31.8 Å². The van der Waals surface area contributed by atoms with E-state index in [0.717, 1.165) is 18.2 Å². The summed E-state index contributed by atoms with van der Waals surface area (Å²) in [6, 6.07) is 11.0. The molecule has 0 aliphatic rings. The van der Waals surface area contributed by atoms with Crippen LogP contribution in [0.2, 0.25) is 5.02 Å². The molecule has 0 bridgehead atoms. The summed E-state index contributed by atoms with van der Waals surface area (Å²) in [7, 11) is 0. The number of amides is 1. The molecule has 0 aliphatic carbocycles. The number of fused-ring (bicyclic) bond motifs is 3. The number of aromatic nitrogens is 4. The van der Waals surface area contributed by atoms with Crippen LogP contribution < -0.4 is 10.9 Å². The number of hydrogen-bond acceptors (Lipinski definition) is 7. The second-order valence-corrected chi connectivity index (χ2v) is 8.98. The molecule has 0 aliphatic heterocycles. The van der Waals surface area contributed by atoms with Gasteiger partial charge < -0.3 is 5.32 Å². The largest absolute Gasteiger partial charge is 0.324 e. The van der Waals surface area contributed by atoms with Gasteiger partial charge in [0.1, 0.15) is 0 Å². The Kier molecular flexibility index (Phi) is 6.34. The predicted molar refractivity (Wildman–Crippen MR) is 127 cm³/mol. The van der Waals surface area contributed by atoms with Crippen LogP contribution in [-0.2, 0) is 11.3 Å². The van der Waals surface area contributed by atoms with Crippen molar-refractivity contribution >= 4 is 57.3 Å². The number of nitrogens with one attached hydrogen (secondary N) is 1. The van der Waals surface area contributed by atoms with E-state index < -0.39 is 16.1 Å². The summed E-state index contributed by atoms with van der Waals surface area (Å²) < 4.78 is 3.34. The van der Waals surface area contributed by atoms with Crippen molar-refractivity contribution in [3.63, 3.8) is 0 Å². The minimum Gasteiger partial charge on any atom is -0.324 e. The third kappa shape index (κ3) is 4.29. The van der Waals surface area contributed by atoms with Gasteiger partial charge in [0.25, 0.3) is 11.2 Å². The summed E-state index contributed by atoms with van der Waals surface area (Å²) in [6.07, 6.45) is 0.742. The van der Waals surface area contributed by atoms with Crippen LogP contribution >= 0.6 is 23.4 Å². The molecule has 2 aromatic carbocycles. The molecule has 33 heavy (non-hydrogen) atoms. The molecular weight excluding hydrogens is 468 g/mol. The van der Waals surface area contributed by atoms with Crippen molar-refractivity contribution in [2.24, 2.45) is 0 Å². The molecule has 0 fully saturated rings. The van der Waals surface area contributed by atoms with E-state index in [2.05, 4.69) is 15.5 Å². The molecule has 2 aromatic heterocycles. The van der Waals surface area contributed by atoms with Crippen LogP contribution in [0.15, 0.2) is 52.4 Å². The number of para-hydroxylation sites is 1. The first-order valence-electron chi connectivity index (χ1n) is 10.1. The Bertz CT molecular complexity index is 1450. The monoisotopic (exact) mass is 486 g/mol. The van der Waals surface area contributed by atoms with Crippen LogP contribution in [0.1, 0.15) is 20.3 Å². The van der Waals surface area contributed by atoms with E-state index >= 15 is 0 Å². The number of thioether (sulfide) groups is 1. The fourth-order valence-corrected chi connectivity index (χ4v) is 4.42. The van der Waals surface area contributed by atoms with Crippen LogP contribution in [0.25, 0.3) is 16.7 Å². The topological polar surface area (TPSA) is 124 Å². The highest BCUT2D eigenvalue weighted by Gasteiger charge is 2.22. The Morgan fingerprint density at radius 2 is 2.03 bits per heavy atom. The number of anilines is 1. The van der Waals surface area contributed by atoms with Gasteiger partial charge in [0.2, 0.25) is 11.7 Å². The van der Waals surface area contributed by atoms with Crippen molar-refractivity contribution in [2.45, 2.75) is 37.2 Å².